The Bertz CT molecular complexity index is 599. The van der Waals surface area contributed by atoms with E-state index in [-0.39, 0.29) is 12.3 Å². The van der Waals surface area contributed by atoms with Crippen molar-refractivity contribution in [1.82, 2.24) is 9.97 Å². The second-order valence-corrected chi connectivity index (χ2v) is 3.85. The minimum atomic E-state index is -0.917. The van der Waals surface area contributed by atoms with Gasteiger partial charge in [-0.25, -0.2) is 9.97 Å². The van der Waals surface area contributed by atoms with Crippen LogP contribution in [0.4, 0.5) is 5.69 Å². The lowest BCUT2D eigenvalue weighted by Gasteiger charge is -2.06. The Morgan fingerprint density at radius 3 is 2.63 bits per heavy atom. The predicted octanol–water partition coefficient (Wildman–Crippen LogP) is 1.36. The lowest BCUT2D eigenvalue weighted by molar-refractivity contribution is -0.136. The van der Waals surface area contributed by atoms with Crippen molar-refractivity contribution in [2.24, 2.45) is 0 Å². The monoisotopic (exact) mass is 257 g/mol. The van der Waals surface area contributed by atoms with Crippen LogP contribution in [-0.2, 0) is 11.2 Å². The van der Waals surface area contributed by atoms with E-state index < -0.39 is 5.97 Å². The second kappa shape index (κ2) is 5.72. The molecule has 2 N–H and O–H groups in total. The highest BCUT2D eigenvalue weighted by Crippen LogP contribution is 2.12. The van der Waals surface area contributed by atoms with Crippen LogP contribution >= 0.6 is 0 Å². The molecule has 2 aromatic rings. The van der Waals surface area contributed by atoms with Crippen molar-refractivity contribution < 1.29 is 14.7 Å². The van der Waals surface area contributed by atoms with Gasteiger partial charge in [-0.1, -0.05) is 12.1 Å². The Kier molecular flexibility index (Phi) is 3.82. The van der Waals surface area contributed by atoms with Crippen LogP contribution in [0.15, 0.2) is 43.0 Å². The third kappa shape index (κ3) is 3.60. The van der Waals surface area contributed by atoms with E-state index in [0.717, 1.165) is 0 Å². The first-order valence-electron chi connectivity index (χ1n) is 5.52. The van der Waals surface area contributed by atoms with E-state index in [1.165, 1.54) is 18.7 Å². The van der Waals surface area contributed by atoms with Gasteiger partial charge in [0, 0.05) is 18.1 Å². The van der Waals surface area contributed by atoms with E-state index in [0.29, 0.717) is 16.8 Å². The lowest BCUT2D eigenvalue weighted by Crippen LogP contribution is -2.12. The lowest BCUT2D eigenvalue weighted by atomic mass is 10.1. The number of benzene rings is 1. The summed E-state index contributed by atoms with van der Waals surface area (Å²) in [6.07, 6.45) is 4.06. The average Bonchev–Trinajstić information content (AvgIpc) is 2.39. The molecule has 96 valence electrons. The highest BCUT2D eigenvalue weighted by Gasteiger charge is 2.07. The molecule has 0 saturated carbocycles. The molecule has 1 heterocycles. The van der Waals surface area contributed by atoms with E-state index in [1.807, 2.05) is 0 Å². The van der Waals surface area contributed by atoms with E-state index >= 15 is 0 Å². The Balaban J connectivity index is 2.11. The number of aliphatic carboxylic acids is 1. The molecule has 0 saturated heterocycles. The van der Waals surface area contributed by atoms with Crippen molar-refractivity contribution in [2.75, 3.05) is 5.32 Å². The molecule has 0 spiro atoms. The number of hydrogen-bond acceptors (Lipinski definition) is 4. The molecule has 0 bridgehead atoms. The molecule has 1 aromatic heterocycles. The van der Waals surface area contributed by atoms with Crippen LogP contribution in [-0.4, -0.2) is 27.0 Å². The van der Waals surface area contributed by atoms with Gasteiger partial charge >= 0.3 is 5.97 Å². The highest BCUT2D eigenvalue weighted by molar-refractivity contribution is 6.03. The molecule has 19 heavy (non-hydrogen) atoms. The summed E-state index contributed by atoms with van der Waals surface area (Å²) in [5, 5.41) is 11.4. The first-order chi connectivity index (χ1) is 9.15. The van der Waals surface area contributed by atoms with E-state index in [9.17, 15) is 9.59 Å². The summed E-state index contributed by atoms with van der Waals surface area (Å²) >= 11 is 0. The molecule has 2 rings (SSSR count). The van der Waals surface area contributed by atoms with E-state index in [1.54, 1.807) is 24.3 Å². The summed E-state index contributed by atoms with van der Waals surface area (Å²) in [4.78, 5) is 30.0. The summed E-state index contributed by atoms with van der Waals surface area (Å²) < 4.78 is 0. The molecule has 0 radical (unpaired) electrons. The minimum Gasteiger partial charge on any atom is -0.481 e. The summed E-state index contributed by atoms with van der Waals surface area (Å²) in [5.41, 5.74) is 1.49. The fourth-order valence-corrected chi connectivity index (χ4v) is 1.55. The molecule has 0 aliphatic carbocycles. The van der Waals surface area contributed by atoms with Gasteiger partial charge < -0.3 is 10.4 Å². The molecule has 0 aliphatic heterocycles. The van der Waals surface area contributed by atoms with Gasteiger partial charge in [0.05, 0.1) is 12.0 Å². The molecule has 0 atom stereocenters. The number of hydrogen-bond donors (Lipinski definition) is 2. The van der Waals surface area contributed by atoms with Crippen molar-refractivity contribution in [2.45, 2.75) is 6.42 Å². The van der Waals surface area contributed by atoms with Crippen LogP contribution < -0.4 is 5.32 Å². The van der Waals surface area contributed by atoms with Gasteiger partial charge in [0.25, 0.3) is 5.91 Å². The number of nitrogens with one attached hydrogen (secondary N) is 1. The zero-order chi connectivity index (χ0) is 13.7. The fraction of sp³-hybridized carbons (Fsp3) is 0.0769. The number of carbonyl (C=O) groups excluding carboxylic acids is 1. The van der Waals surface area contributed by atoms with Gasteiger partial charge in [-0.05, 0) is 17.7 Å². The average molecular weight is 257 g/mol. The quantitative estimate of drug-likeness (QED) is 0.862. The number of anilines is 1. The van der Waals surface area contributed by atoms with Crippen LogP contribution in [0.25, 0.3) is 0 Å². The van der Waals surface area contributed by atoms with Crippen molar-refractivity contribution in [1.29, 1.82) is 0 Å². The molecular formula is C13H11N3O3. The maximum atomic E-state index is 11.8. The summed E-state index contributed by atoms with van der Waals surface area (Å²) in [5.74, 6) is -1.26. The molecule has 6 nitrogen and oxygen atoms in total. The fourth-order valence-electron chi connectivity index (χ4n) is 1.55. The predicted molar refractivity (Wildman–Crippen MR) is 67.8 cm³/mol. The van der Waals surface area contributed by atoms with Crippen LogP contribution in [0.2, 0.25) is 0 Å². The SMILES string of the molecule is O=C(O)Cc1cccc(NC(=O)c2cncnc2)c1. The van der Waals surface area contributed by atoms with E-state index in [2.05, 4.69) is 15.3 Å². The third-order valence-corrected chi connectivity index (χ3v) is 2.36. The number of amides is 1. The molecule has 0 fully saturated rings. The van der Waals surface area contributed by atoms with Crippen LogP contribution in [0, 0.1) is 0 Å². The Morgan fingerprint density at radius 2 is 1.95 bits per heavy atom. The van der Waals surface area contributed by atoms with Crippen molar-refractivity contribution in [3.05, 3.63) is 54.1 Å². The number of aromatic nitrogens is 2. The number of carboxylic acids is 1. The Labute approximate surface area is 109 Å². The van der Waals surface area contributed by atoms with Gasteiger partial charge in [-0.2, -0.15) is 0 Å². The Morgan fingerprint density at radius 1 is 1.21 bits per heavy atom. The minimum absolute atomic E-state index is 0.0852. The van der Waals surface area contributed by atoms with Crippen molar-refractivity contribution in [3.8, 4) is 0 Å². The van der Waals surface area contributed by atoms with Gasteiger partial charge in [-0.3, -0.25) is 9.59 Å². The van der Waals surface area contributed by atoms with E-state index in [4.69, 9.17) is 5.11 Å². The van der Waals surface area contributed by atoms with Crippen LogP contribution in [0.5, 0.6) is 0 Å². The molecule has 1 amide bonds. The molecule has 1 aromatic carbocycles. The highest BCUT2D eigenvalue weighted by atomic mass is 16.4. The smallest absolute Gasteiger partial charge is 0.307 e. The van der Waals surface area contributed by atoms with Crippen LogP contribution in [0.1, 0.15) is 15.9 Å². The van der Waals surface area contributed by atoms with Gasteiger partial charge in [0.1, 0.15) is 6.33 Å². The molecule has 0 aliphatic rings. The summed E-state index contributed by atoms with van der Waals surface area (Å²) in [6.45, 7) is 0. The first kappa shape index (κ1) is 12.7. The van der Waals surface area contributed by atoms with Gasteiger partial charge in [-0.15, -0.1) is 0 Å². The molecule has 6 heteroatoms. The zero-order valence-electron chi connectivity index (χ0n) is 9.91. The maximum Gasteiger partial charge on any atom is 0.307 e. The molecule has 0 unspecified atom stereocenters. The number of carboxylic acid groups (broad SMARTS) is 1. The summed E-state index contributed by atoms with van der Waals surface area (Å²) in [6, 6.07) is 6.69. The zero-order valence-corrected chi connectivity index (χ0v) is 9.91. The third-order valence-electron chi connectivity index (χ3n) is 2.36. The number of nitrogens with zero attached hydrogens (tertiary/aromatic N) is 2. The largest absolute Gasteiger partial charge is 0.481 e. The van der Waals surface area contributed by atoms with Gasteiger partial charge in [0.2, 0.25) is 0 Å². The van der Waals surface area contributed by atoms with Crippen molar-refractivity contribution in [3.63, 3.8) is 0 Å². The van der Waals surface area contributed by atoms with Crippen LogP contribution in [0.3, 0.4) is 0 Å². The molecular weight excluding hydrogens is 246 g/mol. The normalized spacial score (nSPS) is 9.89. The second-order valence-electron chi connectivity index (χ2n) is 3.85. The van der Waals surface area contributed by atoms with Gasteiger partial charge in [0.15, 0.2) is 0 Å². The first-order valence-corrected chi connectivity index (χ1v) is 5.52. The maximum absolute atomic E-state index is 11.8. The topological polar surface area (TPSA) is 92.2 Å². The van der Waals surface area contributed by atoms with Crippen molar-refractivity contribution >= 4 is 17.6 Å². The summed E-state index contributed by atoms with van der Waals surface area (Å²) in [7, 11) is 0. The number of rotatable bonds is 4. The standard InChI is InChI=1S/C13H11N3O3/c17-12(18)5-9-2-1-3-11(4-9)16-13(19)10-6-14-8-15-7-10/h1-4,6-8H,5H2,(H,16,19)(H,17,18). The number of carbonyl (C=O) groups is 2. The Hall–Kier alpha value is -2.76.